The molecule has 0 radical (unpaired) electrons. The van der Waals surface area contributed by atoms with Gasteiger partial charge in [0.2, 0.25) is 0 Å². The van der Waals surface area contributed by atoms with Crippen LogP contribution in [-0.2, 0) is 6.42 Å². The molecule has 0 saturated heterocycles. The Balaban J connectivity index is 1.82. The number of methoxy groups -OCH3 is 3. The van der Waals surface area contributed by atoms with E-state index >= 15 is 0 Å². The molecule has 0 aliphatic rings. The number of benzene rings is 2. The van der Waals surface area contributed by atoms with Crippen LogP contribution in [0.3, 0.4) is 0 Å². The van der Waals surface area contributed by atoms with Gasteiger partial charge in [-0.1, -0.05) is 12.1 Å². The molecule has 0 saturated carbocycles. The van der Waals surface area contributed by atoms with Gasteiger partial charge in [-0.3, -0.25) is 4.99 Å². The summed E-state index contributed by atoms with van der Waals surface area (Å²) in [4.78, 5) is 4.25. The molecule has 26 heavy (non-hydrogen) atoms. The quantitative estimate of drug-likeness (QED) is 0.431. The molecule has 0 amide bonds. The number of ether oxygens (including phenoxy) is 3. The highest BCUT2D eigenvalue weighted by molar-refractivity contribution is 5.93. The minimum absolute atomic E-state index is 0.674. The number of aryl methyl sites for hydroxylation is 1. The number of guanidine groups is 1. The molecule has 0 bridgehead atoms. The Kier molecular flexibility index (Phi) is 7.61. The Hall–Kier alpha value is -2.89. The zero-order valence-corrected chi connectivity index (χ0v) is 15.8. The van der Waals surface area contributed by atoms with Crippen molar-refractivity contribution in [2.45, 2.75) is 12.8 Å². The summed E-state index contributed by atoms with van der Waals surface area (Å²) in [5, 5.41) is 6.57. The molecular formula is C20H27N3O3. The van der Waals surface area contributed by atoms with Gasteiger partial charge in [0.25, 0.3) is 0 Å². The molecule has 0 aliphatic heterocycles. The fourth-order valence-electron chi connectivity index (χ4n) is 2.52. The number of hydrogen-bond acceptors (Lipinski definition) is 4. The van der Waals surface area contributed by atoms with Crippen LogP contribution in [0.15, 0.2) is 47.5 Å². The first kappa shape index (κ1) is 19.4. The molecule has 0 unspecified atom stereocenters. The van der Waals surface area contributed by atoms with Crippen molar-refractivity contribution in [3.05, 3.63) is 48.0 Å². The summed E-state index contributed by atoms with van der Waals surface area (Å²) in [5.41, 5.74) is 2.17. The highest BCUT2D eigenvalue weighted by atomic mass is 16.5. The number of nitrogens with one attached hydrogen (secondary N) is 2. The van der Waals surface area contributed by atoms with Gasteiger partial charge in [0, 0.05) is 25.3 Å². The molecule has 2 aromatic rings. The van der Waals surface area contributed by atoms with E-state index in [4.69, 9.17) is 14.2 Å². The van der Waals surface area contributed by atoms with Gasteiger partial charge in [-0.2, -0.15) is 0 Å². The van der Waals surface area contributed by atoms with Gasteiger partial charge in [-0.25, -0.2) is 0 Å². The summed E-state index contributed by atoms with van der Waals surface area (Å²) >= 11 is 0. The Labute approximate surface area is 155 Å². The summed E-state index contributed by atoms with van der Waals surface area (Å²) in [5.74, 6) is 2.96. The van der Waals surface area contributed by atoms with Crippen molar-refractivity contribution in [2.75, 3.05) is 40.2 Å². The van der Waals surface area contributed by atoms with Crippen LogP contribution < -0.4 is 24.8 Å². The maximum absolute atomic E-state index is 5.32. The second kappa shape index (κ2) is 10.2. The predicted molar refractivity (Wildman–Crippen MR) is 106 cm³/mol. The zero-order valence-electron chi connectivity index (χ0n) is 15.8. The minimum Gasteiger partial charge on any atom is -0.497 e. The third kappa shape index (κ3) is 5.58. The van der Waals surface area contributed by atoms with Crippen molar-refractivity contribution in [2.24, 2.45) is 4.99 Å². The standard InChI is InChI=1S/C20H27N3O3/c1-21-20(23-16-9-12-18(25-3)19(14-16)26-4)22-13-5-6-15-7-10-17(24-2)11-8-15/h7-12,14H,5-6,13H2,1-4H3,(H2,21,22,23). The van der Waals surface area contributed by atoms with Crippen molar-refractivity contribution in [1.82, 2.24) is 5.32 Å². The second-order valence-electron chi connectivity index (χ2n) is 5.65. The van der Waals surface area contributed by atoms with Crippen LogP contribution in [0.2, 0.25) is 0 Å². The van der Waals surface area contributed by atoms with E-state index in [9.17, 15) is 0 Å². The third-order valence-corrected chi connectivity index (χ3v) is 3.96. The molecule has 0 atom stereocenters. The average molecular weight is 357 g/mol. The maximum Gasteiger partial charge on any atom is 0.195 e. The number of anilines is 1. The summed E-state index contributed by atoms with van der Waals surface area (Å²) < 4.78 is 15.7. The number of aliphatic imine (C=N–C) groups is 1. The highest BCUT2D eigenvalue weighted by Gasteiger charge is 2.06. The van der Waals surface area contributed by atoms with Crippen LogP contribution in [0.1, 0.15) is 12.0 Å². The molecule has 2 aromatic carbocycles. The van der Waals surface area contributed by atoms with E-state index < -0.39 is 0 Å². The molecule has 0 fully saturated rings. The molecule has 2 rings (SSSR count). The Morgan fingerprint density at radius 2 is 1.65 bits per heavy atom. The molecule has 0 spiro atoms. The van der Waals surface area contributed by atoms with Crippen LogP contribution in [0.5, 0.6) is 17.2 Å². The molecule has 0 aromatic heterocycles. The SMILES string of the molecule is CN=C(NCCCc1ccc(OC)cc1)Nc1ccc(OC)c(OC)c1. The van der Waals surface area contributed by atoms with E-state index in [1.807, 2.05) is 30.3 Å². The van der Waals surface area contributed by atoms with E-state index in [1.54, 1.807) is 28.4 Å². The Bertz CT molecular complexity index is 715. The maximum atomic E-state index is 5.32. The smallest absolute Gasteiger partial charge is 0.195 e. The van der Waals surface area contributed by atoms with Gasteiger partial charge >= 0.3 is 0 Å². The summed E-state index contributed by atoms with van der Waals surface area (Å²) in [6.45, 7) is 0.818. The average Bonchev–Trinajstić information content (AvgIpc) is 2.70. The van der Waals surface area contributed by atoms with Crippen molar-refractivity contribution < 1.29 is 14.2 Å². The van der Waals surface area contributed by atoms with Gasteiger partial charge in [-0.15, -0.1) is 0 Å². The van der Waals surface area contributed by atoms with Crippen molar-refractivity contribution in [3.8, 4) is 17.2 Å². The Morgan fingerprint density at radius 3 is 2.27 bits per heavy atom. The van der Waals surface area contributed by atoms with Gasteiger partial charge in [0.05, 0.1) is 21.3 Å². The van der Waals surface area contributed by atoms with Crippen molar-refractivity contribution in [3.63, 3.8) is 0 Å². The highest BCUT2D eigenvalue weighted by Crippen LogP contribution is 2.29. The van der Waals surface area contributed by atoms with Crippen LogP contribution in [-0.4, -0.2) is 40.9 Å². The van der Waals surface area contributed by atoms with E-state index in [0.29, 0.717) is 17.5 Å². The lowest BCUT2D eigenvalue weighted by molar-refractivity contribution is 0.355. The molecule has 140 valence electrons. The van der Waals surface area contributed by atoms with Gasteiger partial charge in [-0.05, 0) is 42.7 Å². The fraction of sp³-hybridized carbons (Fsp3) is 0.350. The van der Waals surface area contributed by atoms with Crippen LogP contribution in [0.4, 0.5) is 5.69 Å². The lowest BCUT2D eigenvalue weighted by Gasteiger charge is -2.14. The lowest BCUT2D eigenvalue weighted by Crippen LogP contribution is -2.31. The first-order valence-electron chi connectivity index (χ1n) is 8.52. The largest absolute Gasteiger partial charge is 0.497 e. The fourth-order valence-corrected chi connectivity index (χ4v) is 2.52. The van der Waals surface area contributed by atoms with Crippen LogP contribution in [0, 0.1) is 0 Å². The Morgan fingerprint density at radius 1 is 0.923 bits per heavy atom. The second-order valence-corrected chi connectivity index (χ2v) is 5.65. The molecule has 6 nitrogen and oxygen atoms in total. The van der Waals surface area contributed by atoms with Crippen molar-refractivity contribution >= 4 is 11.6 Å². The monoisotopic (exact) mass is 357 g/mol. The number of hydrogen-bond donors (Lipinski definition) is 2. The first-order chi connectivity index (χ1) is 12.7. The third-order valence-electron chi connectivity index (χ3n) is 3.96. The summed E-state index contributed by atoms with van der Waals surface area (Å²) in [7, 11) is 6.66. The van der Waals surface area contributed by atoms with Crippen LogP contribution in [0.25, 0.3) is 0 Å². The predicted octanol–water partition coefficient (Wildman–Crippen LogP) is 3.33. The minimum atomic E-state index is 0.674. The molecule has 0 aliphatic carbocycles. The van der Waals surface area contributed by atoms with E-state index in [-0.39, 0.29) is 0 Å². The van der Waals surface area contributed by atoms with E-state index in [0.717, 1.165) is 30.8 Å². The number of rotatable bonds is 8. The number of nitrogens with zero attached hydrogens (tertiary/aromatic N) is 1. The summed E-state index contributed by atoms with van der Waals surface area (Å²) in [6, 6.07) is 13.8. The molecule has 6 heteroatoms. The topological polar surface area (TPSA) is 64.1 Å². The van der Waals surface area contributed by atoms with E-state index in [1.165, 1.54) is 5.56 Å². The van der Waals surface area contributed by atoms with E-state index in [2.05, 4.69) is 27.8 Å². The summed E-state index contributed by atoms with van der Waals surface area (Å²) in [6.07, 6.45) is 1.99. The van der Waals surface area contributed by atoms with Gasteiger partial charge in [0.15, 0.2) is 17.5 Å². The van der Waals surface area contributed by atoms with Crippen LogP contribution >= 0.6 is 0 Å². The molecule has 0 heterocycles. The van der Waals surface area contributed by atoms with Gasteiger partial charge < -0.3 is 24.8 Å². The lowest BCUT2D eigenvalue weighted by atomic mass is 10.1. The van der Waals surface area contributed by atoms with Crippen molar-refractivity contribution in [1.29, 1.82) is 0 Å². The molecular weight excluding hydrogens is 330 g/mol. The normalized spacial score (nSPS) is 11.0. The zero-order chi connectivity index (χ0) is 18.8. The van der Waals surface area contributed by atoms with Gasteiger partial charge in [0.1, 0.15) is 5.75 Å². The first-order valence-corrected chi connectivity index (χ1v) is 8.52. The molecule has 2 N–H and O–H groups in total.